The Hall–Kier alpha value is -2.38. The number of aromatic nitrogens is 2. The van der Waals surface area contributed by atoms with E-state index >= 15 is 0 Å². The van der Waals surface area contributed by atoms with Crippen LogP contribution in [0.4, 0.5) is 23.2 Å². The third-order valence-electron chi connectivity index (χ3n) is 3.96. The number of hydrogen-bond acceptors (Lipinski definition) is 2. The van der Waals surface area contributed by atoms with Gasteiger partial charge in [0.15, 0.2) is 5.69 Å². The molecule has 0 spiro atoms. The maximum atomic E-state index is 14.3. The Kier molecular flexibility index (Phi) is 5.73. The molecule has 1 amide bonds. The number of aryl methyl sites for hydroxylation is 1. The molecule has 4 nitrogen and oxygen atoms in total. The lowest BCUT2D eigenvalue weighted by atomic mass is 9.90. The fourth-order valence-corrected chi connectivity index (χ4v) is 3.03. The van der Waals surface area contributed by atoms with Gasteiger partial charge >= 0.3 is 6.18 Å². The minimum Gasteiger partial charge on any atom is -0.322 e. The Morgan fingerprint density at radius 2 is 1.92 bits per heavy atom. The molecule has 1 unspecified atom stereocenters. The van der Waals surface area contributed by atoms with Crippen molar-refractivity contribution in [2.45, 2.75) is 39.3 Å². The van der Waals surface area contributed by atoms with E-state index < -0.39 is 29.2 Å². The molecule has 0 bridgehead atoms. The zero-order valence-electron chi connectivity index (χ0n) is 15.0. The lowest BCUT2D eigenvalue weighted by Gasteiger charge is -2.19. The minimum atomic E-state index is -4.76. The fraction of sp³-hybridized carbons (Fsp3) is 0.444. The Balaban J connectivity index is 2.38. The predicted molar refractivity (Wildman–Crippen MR) is 90.4 cm³/mol. The summed E-state index contributed by atoms with van der Waals surface area (Å²) >= 11 is 0. The van der Waals surface area contributed by atoms with E-state index in [9.17, 15) is 22.4 Å². The number of amides is 1. The summed E-state index contributed by atoms with van der Waals surface area (Å²) in [5.41, 5.74) is -1.43. The fourth-order valence-electron chi connectivity index (χ4n) is 3.03. The van der Waals surface area contributed by atoms with Crippen molar-refractivity contribution in [3.8, 4) is 0 Å². The summed E-state index contributed by atoms with van der Waals surface area (Å²) < 4.78 is 54.4. The highest BCUT2D eigenvalue weighted by molar-refractivity contribution is 6.05. The second kappa shape index (κ2) is 7.47. The molecule has 0 aliphatic rings. The van der Waals surface area contributed by atoms with Gasteiger partial charge in [0.2, 0.25) is 0 Å². The van der Waals surface area contributed by atoms with Gasteiger partial charge in [-0.25, -0.2) is 4.39 Å². The number of anilines is 1. The summed E-state index contributed by atoms with van der Waals surface area (Å²) in [6, 6.07) is 4.16. The minimum absolute atomic E-state index is 0.167. The van der Waals surface area contributed by atoms with Gasteiger partial charge in [-0.1, -0.05) is 26.8 Å². The van der Waals surface area contributed by atoms with Crippen LogP contribution >= 0.6 is 0 Å². The first-order valence-electron chi connectivity index (χ1n) is 8.21. The second-order valence-corrected chi connectivity index (χ2v) is 6.75. The van der Waals surface area contributed by atoms with Crippen LogP contribution in [-0.4, -0.2) is 15.7 Å². The largest absolute Gasteiger partial charge is 0.435 e. The van der Waals surface area contributed by atoms with Gasteiger partial charge in [0.05, 0.1) is 5.56 Å². The van der Waals surface area contributed by atoms with Crippen LogP contribution in [0, 0.1) is 11.7 Å². The maximum Gasteiger partial charge on any atom is 0.435 e. The lowest BCUT2D eigenvalue weighted by Crippen LogP contribution is -2.19. The van der Waals surface area contributed by atoms with E-state index in [2.05, 4.69) is 10.4 Å². The van der Waals surface area contributed by atoms with E-state index in [1.54, 1.807) is 0 Å². The maximum absolute atomic E-state index is 14.3. The van der Waals surface area contributed by atoms with Crippen LogP contribution in [0.5, 0.6) is 0 Å². The number of hydrogen-bond donors (Lipinski definition) is 1. The Labute approximate surface area is 149 Å². The Morgan fingerprint density at radius 3 is 2.50 bits per heavy atom. The number of alkyl halides is 3. The molecular formula is C18H21F4N3O. The van der Waals surface area contributed by atoms with Gasteiger partial charge in [-0.3, -0.25) is 9.48 Å². The van der Waals surface area contributed by atoms with Crippen LogP contribution < -0.4 is 5.32 Å². The van der Waals surface area contributed by atoms with Crippen LogP contribution in [-0.2, 0) is 13.2 Å². The number of nitrogens with zero attached hydrogens (tertiary/aromatic N) is 2. The summed E-state index contributed by atoms with van der Waals surface area (Å²) in [7, 11) is 1.30. The predicted octanol–water partition coefficient (Wildman–Crippen LogP) is 4.98. The van der Waals surface area contributed by atoms with Crippen molar-refractivity contribution >= 4 is 11.6 Å². The summed E-state index contributed by atoms with van der Waals surface area (Å²) in [6.07, 6.45) is -3.09. The van der Waals surface area contributed by atoms with E-state index in [1.807, 2.05) is 20.8 Å². The van der Waals surface area contributed by atoms with Crippen LogP contribution in [0.25, 0.3) is 0 Å². The molecule has 0 saturated heterocycles. The molecule has 2 rings (SSSR count). The number of carbonyl (C=O) groups is 1. The van der Waals surface area contributed by atoms with Gasteiger partial charge in [-0.15, -0.1) is 0 Å². The van der Waals surface area contributed by atoms with Crippen molar-refractivity contribution in [1.82, 2.24) is 9.78 Å². The van der Waals surface area contributed by atoms with Crippen molar-refractivity contribution in [2.24, 2.45) is 13.0 Å². The van der Waals surface area contributed by atoms with Crippen molar-refractivity contribution in [1.29, 1.82) is 0 Å². The zero-order valence-corrected chi connectivity index (χ0v) is 15.0. The number of halogens is 4. The molecule has 142 valence electrons. The normalized spacial score (nSPS) is 13.1. The number of nitrogens with one attached hydrogen (secondary N) is 1. The van der Waals surface area contributed by atoms with Crippen molar-refractivity contribution in [3.63, 3.8) is 0 Å². The molecule has 26 heavy (non-hydrogen) atoms. The Morgan fingerprint density at radius 1 is 1.27 bits per heavy atom. The second-order valence-electron chi connectivity index (χ2n) is 6.75. The highest BCUT2D eigenvalue weighted by Crippen LogP contribution is 2.34. The van der Waals surface area contributed by atoms with Crippen LogP contribution in [0.3, 0.4) is 0 Å². The van der Waals surface area contributed by atoms with E-state index in [0.29, 0.717) is 12.3 Å². The quantitative estimate of drug-likeness (QED) is 0.754. The zero-order chi connectivity index (χ0) is 19.6. The van der Waals surface area contributed by atoms with Gasteiger partial charge in [-0.05, 0) is 30.4 Å². The molecule has 2 aromatic rings. The van der Waals surface area contributed by atoms with Gasteiger partial charge in [0.25, 0.3) is 5.91 Å². The molecular weight excluding hydrogens is 350 g/mol. The standard InChI is InChI=1S/C18H21F4N3O/c1-10(2)8-11(3)15-13(19)6-5-7-14(15)23-17(26)12-9-25(4)24-16(12)18(20,21)22/h5-7,9-11H,8H2,1-4H3,(H,23,26). The summed E-state index contributed by atoms with van der Waals surface area (Å²) in [4.78, 5) is 12.4. The average Bonchev–Trinajstić information content (AvgIpc) is 2.88. The summed E-state index contributed by atoms with van der Waals surface area (Å²) in [6.45, 7) is 5.79. The SMILES string of the molecule is CC(C)CC(C)c1c(F)cccc1NC(=O)c1cn(C)nc1C(F)(F)F. The number of rotatable bonds is 5. The molecule has 0 aliphatic carbocycles. The third kappa shape index (κ3) is 4.42. The molecule has 8 heteroatoms. The first-order valence-corrected chi connectivity index (χ1v) is 8.21. The Bertz CT molecular complexity index is 796. The van der Waals surface area contributed by atoms with Gasteiger partial charge in [0.1, 0.15) is 5.82 Å². The van der Waals surface area contributed by atoms with E-state index in [4.69, 9.17) is 0 Å². The van der Waals surface area contributed by atoms with Gasteiger partial charge in [-0.2, -0.15) is 18.3 Å². The van der Waals surface area contributed by atoms with Gasteiger partial charge in [0, 0.05) is 24.5 Å². The molecule has 1 aromatic carbocycles. The third-order valence-corrected chi connectivity index (χ3v) is 3.96. The van der Waals surface area contributed by atoms with E-state index in [1.165, 1.54) is 25.2 Å². The molecule has 1 heterocycles. The van der Waals surface area contributed by atoms with Crippen molar-refractivity contribution in [2.75, 3.05) is 5.32 Å². The molecule has 0 saturated carbocycles. The van der Waals surface area contributed by atoms with Crippen molar-refractivity contribution in [3.05, 3.63) is 47.0 Å². The van der Waals surface area contributed by atoms with Gasteiger partial charge < -0.3 is 5.32 Å². The highest BCUT2D eigenvalue weighted by atomic mass is 19.4. The van der Waals surface area contributed by atoms with Crippen LogP contribution in [0.2, 0.25) is 0 Å². The van der Waals surface area contributed by atoms with E-state index in [-0.39, 0.29) is 17.2 Å². The highest BCUT2D eigenvalue weighted by Gasteiger charge is 2.39. The summed E-state index contributed by atoms with van der Waals surface area (Å²) in [5.74, 6) is -1.39. The number of carbonyl (C=O) groups excluding carboxylic acids is 1. The first-order chi connectivity index (χ1) is 12.0. The molecule has 1 atom stereocenters. The summed E-state index contributed by atoms with van der Waals surface area (Å²) in [5, 5.41) is 5.73. The van der Waals surface area contributed by atoms with Crippen LogP contribution in [0.1, 0.15) is 54.7 Å². The number of benzene rings is 1. The topological polar surface area (TPSA) is 46.9 Å². The average molecular weight is 371 g/mol. The first kappa shape index (κ1) is 19.9. The smallest absolute Gasteiger partial charge is 0.322 e. The lowest BCUT2D eigenvalue weighted by molar-refractivity contribution is -0.141. The molecule has 0 fully saturated rings. The van der Waals surface area contributed by atoms with Crippen molar-refractivity contribution < 1.29 is 22.4 Å². The molecule has 1 aromatic heterocycles. The molecule has 0 aliphatic heterocycles. The molecule has 0 radical (unpaired) electrons. The van der Waals surface area contributed by atoms with E-state index in [0.717, 1.165) is 10.9 Å². The monoisotopic (exact) mass is 371 g/mol. The molecule has 1 N–H and O–H groups in total. The van der Waals surface area contributed by atoms with Crippen LogP contribution in [0.15, 0.2) is 24.4 Å².